The minimum absolute atomic E-state index is 0.0509. The molecule has 0 spiro atoms. The van der Waals surface area contributed by atoms with E-state index in [0.29, 0.717) is 77.5 Å². The molecular formula is C55H62FN9O13. The lowest BCUT2D eigenvalue weighted by atomic mass is 9.81. The molecule has 6 N–H and O–H groups in total. The Balaban J connectivity index is 0.833. The van der Waals surface area contributed by atoms with Crippen LogP contribution in [0.2, 0.25) is 0 Å². The maximum atomic E-state index is 15.5. The van der Waals surface area contributed by atoms with Gasteiger partial charge in [0.2, 0.25) is 29.5 Å². The molecule has 0 saturated heterocycles. The number of rotatable bonds is 23. The number of carbonyl (C=O) groups is 9. The predicted molar refractivity (Wildman–Crippen MR) is 277 cm³/mol. The topological polar surface area (TPSA) is 294 Å². The third-order valence-electron chi connectivity index (χ3n) is 14.8. The fraction of sp³-hybridized carbons (Fsp3) is 0.436. The van der Waals surface area contributed by atoms with Crippen LogP contribution >= 0.6 is 0 Å². The molecule has 3 aliphatic heterocycles. The highest BCUT2D eigenvalue weighted by Crippen LogP contribution is 2.47. The van der Waals surface area contributed by atoms with E-state index in [1.807, 2.05) is 30.3 Å². The number of pyridine rings is 2. The lowest BCUT2D eigenvalue weighted by Crippen LogP contribution is -2.51. The van der Waals surface area contributed by atoms with Gasteiger partial charge in [-0.25, -0.2) is 14.2 Å². The summed E-state index contributed by atoms with van der Waals surface area (Å²) in [5.41, 5.74) is 2.13. The van der Waals surface area contributed by atoms with Crippen molar-refractivity contribution < 1.29 is 62.1 Å². The Labute approximate surface area is 447 Å². The molecule has 8 amide bonds. The zero-order chi connectivity index (χ0) is 56.0. The first kappa shape index (κ1) is 56.0. The normalized spacial score (nSPS) is 17.6. The summed E-state index contributed by atoms with van der Waals surface area (Å²) in [5, 5.41) is 24.6. The van der Waals surface area contributed by atoms with Crippen LogP contribution in [0, 0.1) is 12.7 Å². The largest absolute Gasteiger partial charge is 0.458 e. The van der Waals surface area contributed by atoms with Gasteiger partial charge in [0.15, 0.2) is 5.60 Å². The highest BCUT2D eigenvalue weighted by atomic mass is 19.1. The minimum atomic E-state index is -2.06. The second kappa shape index (κ2) is 24.0. The van der Waals surface area contributed by atoms with Gasteiger partial charge in [-0.3, -0.25) is 48.1 Å². The molecule has 5 heterocycles. The summed E-state index contributed by atoms with van der Waals surface area (Å²) in [7, 11) is 1.61. The van der Waals surface area contributed by atoms with Gasteiger partial charge in [-0.05, 0) is 87.1 Å². The molecule has 0 radical (unpaired) electrons. The third-order valence-corrected chi connectivity index (χ3v) is 14.8. The average Bonchev–Trinajstić information content (AvgIpc) is 4.18. The Hall–Kier alpha value is -8.18. The van der Waals surface area contributed by atoms with Gasteiger partial charge >= 0.3 is 5.97 Å². The summed E-state index contributed by atoms with van der Waals surface area (Å²) < 4.78 is 28.0. The second-order valence-corrected chi connectivity index (χ2v) is 19.8. The van der Waals surface area contributed by atoms with E-state index in [1.165, 1.54) is 34.6 Å². The molecule has 0 saturated carbocycles. The molecule has 0 bridgehead atoms. The summed E-state index contributed by atoms with van der Waals surface area (Å²) in [4.78, 5) is 136. The molecule has 0 unspecified atom stereocenters. The number of imide groups is 1. The van der Waals surface area contributed by atoms with E-state index >= 15 is 4.39 Å². The Bertz CT molecular complexity index is 3180. The van der Waals surface area contributed by atoms with Gasteiger partial charge in [0.25, 0.3) is 23.3 Å². The number of hydrogen-bond donors (Lipinski definition) is 6. The number of esters is 1. The van der Waals surface area contributed by atoms with Crippen LogP contribution in [0.4, 0.5) is 4.39 Å². The highest BCUT2D eigenvalue weighted by Gasteiger charge is 2.46. The molecule has 4 atom stereocenters. The summed E-state index contributed by atoms with van der Waals surface area (Å²) >= 11 is 0. The zero-order valence-electron chi connectivity index (χ0n) is 43.8. The molecule has 23 heteroatoms. The molecule has 4 aliphatic rings. The quantitative estimate of drug-likeness (QED) is 0.0234. The molecule has 4 aromatic rings. The molecule has 78 heavy (non-hydrogen) atoms. The van der Waals surface area contributed by atoms with Crippen LogP contribution in [0.3, 0.4) is 0 Å². The van der Waals surface area contributed by atoms with Gasteiger partial charge in [-0.2, -0.15) is 0 Å². The first-order valence-corrected chi connectivity index (χ1v) is 26.0. The van der Waals surface area contributed by atoms with Gasteiger partial charge in [0.1, 0.15) is 31.3 Å². The monoisotopic (exact) mass is 1080 g/mol. The van der Waals surface area contributed by atoms with E-state index in [-0.39, 0.29) is 61.9 Å². The number of aliphatic hydroxyl groups is 1. The van der Waals surface area contributed by atoms with E-state index < -0.39 is 103 Å². The maximum Gasteiger partial charge on any atom is 0.343 e. The standard InChI is InChI=1S/C55H62FN9O13/c1-5-55(76)36-22-41-50-34(27-65(41)53(74)35(36)28-77-54(55)75)49-40(18-16-33-30(2)37(56)23-39(62-50)48(33)49)63(4)52(73)31(3)78-29-60-44(68)25-59-51(72)38(17-15-32-12-8-6-9-13-32)61-45(69)26-58-43(67)24-57-42(66)14-10-7-11-21-64-46(70)19-20-47(64)71/h6,8-9,12-13,19-20,22-23,31,38,40,76H,5,7,10-11,14-18,21,24-29H2,1-4H3,(H,57,66)(H,58,67)(H,59,72)(H,60,68)(H,61,69)/t31-,38-,40-,55-/m0/s1. The highest BCUT2D eigenvalue weighted by molar-refractivity contribution is 6.12. The van der Waals surface area contributed by atoms with Crippen molar-refractivity contribution in [2.24, 2.45) is 0 Å². The van der Waals surface area contributed by atoms with Gasteiger partial charge < -0.3 is 50.6 Å². The van der Waals surface area contributed by atoms with Crippen LogP contribution < -0.4 is 32.1 Å². The third kappa shape index (κ3) is 11.9. The van der Waals surface area contributed by atoms with E-state index in [0.717, 1.165) is 16.0 Å². The number of carbonyl (C=O) groups excluding carboxylic acids is 9. The fourth-order valence-electron chi connectivity index (χ4n) is 10.4. The average molecular weight is 1080 g/mol. The summed E-state index contributed by atoms with van der Waals surface area (Å²) in [6.45, 7) is 2.93. The van der Waals surface area contributed by atoms with Crippen LogP contribution in [0.15, 0.2) is 59.4 Å². The molecule has 412 valence electrons. The van der Waals surface area contributed by atoms with Crippen molar-refractivity contribution in [2.45, 2.75) is 115 Å². The van der Waals surface area contributed by atoms with Gasteiger partial charge in [-0.15, -0.1) is 0 Å². The number of nitrogens with one attached hydrogen (secondary N) is 5. The molecule has 22 nitrogen and oxygen atoms in total. The number of halogens is 1. The predicted octanol–water partition coefficient (Wildman–Crippen LogP) is 1.40. The van der Waals surface area contributed by atoms with Crippen molar-refractivity contribution in [1.29, 1.82) is 0 Å². The van der Waals surface area contributed by atoms with E-state index in [9.17, 15) is 53.1 Å². The second-order valence-electron chi connectivity index (χ2n) is 19.8. The Morgan fingerprint density at radius 2 is 1.59 bits per heavy atom. The minimum Gasteiger partial charge on any atom is -0.458 e. The van der Waals surface area contributed by atoms with Crippen LogP contribution in [-0.4, -0.2) is 130 Å². The summed E-state index contributed by atoms with van der Waals surface area (Å²) in [6.07, 6.45) is 4.23. The van der Waals surface area contributed by atoms with E-state index in [4.69, 9.17) is 14.5 Å². The number of fused-ring (bicyclic) bond motifs is 5. The summed E-state index contributed by atoms with van der Waals surface area (Å²) in [5.74, 6) is -5.63. The number of unbranched alkanes of at least 4 members (excludes halogenated alkanes) is 2. The maximum absolute atomic E-state index is 15.5. The van der Waals surface area contributed by atoms with Crippen molar-refractivity contribution in [1.82, 2.24) is 45.9 Å². The summed E-state index contributed by atoms with van der Waals surface area (Å²) in [6, 6.07) is 10.4. The van der Waals surface area contributed by atoms with Gasteiger partial charge in [-0.1, -0.05) is 43.7 Å². The van der Waals surface area contributed by atoms with Crippen LogP contribution in [0.1, 0.15) is 104 Å². The van der Waals surface area contributed by atoms with Crippen LogP contribution in [0.25, 0.3) is 22.3 Å². The lowest BCUT2D eigenvalue weighted by Gasteiger charge is -2.36. The molecule has 1 aliphatic carbocycles. The fourth-order valence-corrected chi connectivity index (χ4v) is 10.4. The number of cyclic esters (lactones) is 1. The number of aryl methyl sites for hydroxylation is 2. The number of benzene rings is 2. The van der Waals surface area contributed by atoms with Gasteiger partial charge in [0, 0.05) is 54.7 Å². The van der Waals surface area contributed by atoms with Crippen molar-refractivity contribution in [3.63, 3.8) is 0 Å². The Kier molecular flexibility index (Phi) is 17.2. The number of ether oxygens (including phenoxy) is 2. The van der Waals surface area contributed by atoms with Gasteiger partial charge in [0.05, 0.1) is 54.7 Å². The molecule has 2 aromatic carbocycles. The Morgan fingerprint density at radius 1 is 0.897 bits per heavy atom. The van der Waals surface area contributed by atoms with Crippen LogP contribution in [-0.2, 0) is 84.2 Å². The zero-order valence-corrected chi connectivity index (χ0v) is 43.8. The number of nitrogens with zero attached hydrogens (tertiary/aromatic N) is 4. The van der Waals surface area contributed by atoms with Crippen molar-refractivity contribution in [3.8, 4) is 11.4 Å². The molecule has 8 rings (SSSR count). The van der Waals surface area contributed by atoms with Crippen molar-refractivity contribution in [2.75, 3.05) is 40.0 Å². The number of amides is 8. The van der Waals surface area contributed by atoms with Crippen molar-refractivity contribution in [3.05, 3.63) is 110 Å². The Morgan fingerprint density at radius 3 is 2.32 bits per heavy atom. The molecule has 2 aromatic heterocycles. The van der Waals surface area contributed by atoms with E-state index in [1.54, 1.807) is 27.0 Å². The van der Waals surface area contributed by atoms with E-state index in [2.05, 4.69) is 26.6 Å². The molecular weight excluding hydrogens is 1010 g/mol. The lowest BCUT2D eigenvalue weighted by molar-refractivity contribution is -0.172. The SMILES string of the molecule is CC[C@@]1(O)C(=O)OCc2c1cc1n(c2=O)Cc2c-1nc1cc(F)c(C)c3c1c2[C@@H](N(C)C(=O)[C@H](C)OCNC(=O)CNC(=O)[C@H](CCc1ccccc1)NC(=O)CNC(=O)CNC(=O)CCCCCN1C(=O)C=CC1=O)CC3. The molecule has 0 fully saturated rings. The number of hydrogen-bond acceptors (Lipinski definition) is 14. The first-order chi connectivity index (χ1) is 37.3. The van der Waals surface area contributed by atoms with Crippen LogP contribution in [0.5, 0.6) is 0 Å². The first-order valence-electron chi connectivity index (χ1n) is 26.0. The number of likely N-dealkylation sites (N-methyl/N-ethyl adjacent to an activating group) is 1. The smallest absolute Gasteiger partial charge is 0.343 e. The van der Waals surface area contributed by atoms with Crippen molar-refractivity contribution >= 4 is 64.1 Å². The number of aromatic nitrogens is 2.